The van der Waals surface area contributed by atoms with Gasteiger partial charge in [-0.15, -0.1) is 0 Å². The van der Waals surface area contributed by atoms with E-state index in [4.69, 9.17) is 5.11 Å². The van der Waals surface area contributed by atoms with Crippen LogP contribution in [-0.2, 0) is 4.79 Å². The van der Waals surface area contributed by atoms with E-state index in [-0.39, 0.29) is 5.41 Å². The van der Waals surface area contributed by atoms with E-state index < -0.39 is 5.97 Å². The van der Waals surface area contributed by atoms with Crippen LogP contribution in [0.5, 0.6) is 0 Å². The second-order valence-corrected chi connectivity index (χ2v) is 4.41. The Bertz CT molecular complexity index is 188. The van der Waals surface area contributed by atoms with Crippen molar-refractivity contribution in [1.82, 2.24) is 0 Å². The molecular formula is C10H16O2. The molecule has 0 aromatic carbocycles. The van der Waals surface area contributed by atoms with Gasteiger partial charge in [-0.25, -0.2) is 0 Å². The topological polar surface area (TPSA) is 37.3 Å². The second-order valence-electron chi connectivity index (χ2n) is 4.41. The van der Waals surface area contributed by atoms with E-state index in [1.54, 1.807) is 0 Å². The van der Waals surface area contributed by atoms with Crippen LogP contribution >= 0.6 is 0 Å². The second kappa shape index (κ2) is 2.75. The summed E-state index contributed by atoms with van der Waals surface area (Å²) >= 11 is 0. The Kier molecular flexibility index (Phi) is 1.85. The van der Waals surface area contributed by atoms with E-state index in [9.17, 15) is 4.79 Å². The zero-order chi connectivity index (χ0) is 8.60. The number of hydrogen-bond acceptors (Lipinski definition) is 1. The smallest absolute Gasteiger partial charge is 0.303 e. The van der Waals surface area contributed by atoms with Crippen molar-refractivity contribution >= 4 is 5.97 Å². The molecule has 2 rings (SSSR count). The molecule has 68 valence electrons. The predicted molar refractivity (Wildman–Crippen MR) is 45.9 cm³/mol. The Morgan fingerprint density at radius 2 is 1.92 bits per heavy atom. The van der Waals surface area contributed by atoms with Gasteiger partial charge in [-0.05, 0) is 37.0 Å². The number of carboxylic acids is 1. The first-order valence-corrected chi connectivity index (χ1v) is 4.95. The van der Waals surface area contributed by atoms with Crippen LogP contribution in [0.3, 0.4) is 0 Å². The molecule has 0 amide bonds. The van der Waals surface area contributed by atoms with Crippen LogP contribution in [0, 0.1) is 11.3 Å². The standard InChI is InChI=1S/C10H16O2/c11-9(12)7-10(8-3-4-8)5-1-2-6-10/h8H,1-7H2,(H,11,12). The Balaban J connectivity index is 2.04. The first-order chi connectivity index (χ1) is 5.73. The van der Waals surface area contributed by atoms with Crippen LogP contribution < -0.4 is 0 Å². The molecule has 12 heavy (non-hydrogen) atoms. The van der Waals surface area contributed by atoms with E-state index in [1.165, 1.54) is 38.5 Å². The molecule has 0 heterocycles. The molecule has 2 aliphatic rings. The molecule has 0 spiro atoms. The fourth-order valence-corrected chi connectivity index (χ4v) is 2.81. The van der Waals surface area contributed by atoms with Crippen LogP contribution in [-0.4, -0.2) is 11.1 Å². The highest BCUT2D eigenvalue weighted by atomic mass is 16.4. The largest absolute Gasteiger partial charge is 0.481 e. The van der Waals surface area contributed by atoms with E-state index in [0.717, 1.165) is 5.92 Å². The normalized spacial score (nSPS) is 27.3. The highest BCUT2D eigenvalue weighted by Crippen LogP contribution is 2.56. The Morgan fingerprint density at radius 3 is 2.33 bits per heavy atom. The van der Waals surface area contributed by atoms with Gasteiger partial charge in [0.1, 0.15) is 0 Å². The molecule has 0 aromatic heterocycles. The molecule has 0 radical (unpaired) electrons. The van der Waals surface area contributed by atoms with Crippen molar-refractivity contribution in [2.75, 3.05) is 0 Å². The van der Waals surface area contributed by atoms with Crippen LogP contribution in [0.2, 0.25) is 0 Å². The lowest BCUT2D eigenvalue weighted by molar-refractivity contribution is -0.140. The lowest BCUT2D eigenvalue weighted by Crippen LogP contribution is -2.23. The summed E-state index contributed by atoms with van der Waals surface area (Å²) in [6.07, 6.45) is 7.85. The van der Waals surface area contributed by atoms with Gasteiger partial charge in [0, 0.05) is 0 Å². The summed E-state index contributed by atoms with van der Waals surface area (Å²) in [5, 5.41) is 8.82. The van der Waals surface area contributed by atoms with Gasteiger partial charge in [-0.1, -0.05) is 12.8 Å². The molecule has 2 nitrogen and oxygen atoms in total. The third-order valence-corrected chi connectivity index (χ3v) is 3.55. The Hall–Kier alpha value is -0.530. The van der Waals surface area contributed by atoms with Crippen molar-refractivity contribution in [2.24, 2.45) is 11.3 Å². The molecule has 2 saturated carbocycles. The average Bonchev–Trinajstić information content (AvgIpc) is 2.75. The molecular weight excluding hydrogens is 152 g/mol. The van der Waals surface area contributed by atoms with E-state index >= 15 is 0 Å². The Morgan fingerprint density at radius 1 is 1.33 bits per heavy atom. The molecule has 2 fully saturated rings. The molecule has 0 unspecified atom stereocenters. The molecule has 2 aliphatic carbocycles. The van der Waals surface area contributed by atoms with Crippen molar-refractivity contribution in [3.8, 4) is 0 Å². The van der Waals surface area contributed by atoms with Crippen molar-refractivity contribution in [1.29, 1.82) is 0 Å². The zero-order valence-electron chi connectivity index (χ0n) is 7.38. The maximum atomic E-state index is 10.7. The summed E-state index contributed by atoms with van der Waals surface area (Å²) in [5.74, 6) is 0.167. The fraction of sp³-hybridized carbons (Fsp3) is 0.900. The number of rotatable bonds is 3. The van der Waals surface area contributed by atoms with Crippen LogP contribution in [0.4, 0.5) is 0 Å². The summed E-state index contributed by atoms with van der Waals surface area (Å²) in [6, 6.07) is 0. The van der Waals surface area contributed by atoms with Gasteiger partial charge in [-0.3, -0.25) is 4.79 Å². The minimum atomic E-state index is -0.594. The molecule has 0 bridgehead atoms. The molecule has 0 atom stereocenters. The van der Waals surface area contributed by atoms with Crippen LogP contribution in [0.25, 0.3) is 0 Å². The average molecular weight is 168 g/mol. The first-order valence-electron chi connectivity index (χ1n) is 4.95. The molecule has 0 aromatic rings. The number of aliphatic carboxylic acids is 1. The van der Waals surface area contributed by atoms with Crippen LogP contribution in [0.15, 0.2) is 0 Å². The summed E-state index contributed by atoms with van der Waals surface area (Å²) in [4.78, 5) is 10.7. The minimum Gasteiger partial charge on any atom is -0.481 e. The van der Waals surface area contributed by atoms with Crippen molar-refractivity contribution in [3.63, 3.8) is 0 Å². The lowest BCUT2D eigenvalue weighted by atomic mass is 9.78. The van der Waals surface area contributed by atoms with Crippen LogP contribution in [0.1, 0.15) is 44.9 Å². The summed E-state index contributed by atoms with van der Waals surface area (Å²) in [7, 11) is 0. The van der Waals surface area contributed by atoms with Crippen molar-refractivity contribution < 1.29 is 9.90 Å². The van der Waals surface area contributed by atoms with Gasteiger partial charge in [-0.2, -0.15) is 0 Å². The zero-order valence-corrected chi connectivity index (χ0v) is 7.38. The highest BCUT2D eigenvalue weighted by molar-refractivity contribution is 5.68. The summed E-state index contributed by atoms with van der Waals surface area (Å²) < 4.78 is 0. The monoisotopic (exact) mass is 168 g/mol. The fourth-order valence-electron chi connectivity index (χ4n) is 2.81. The van der Waals surface area contributed by atoms with Gasteiger partial charge >= 0.3 is 5.97 Å². The van der Waals surface area contributed by atoms with Gasteiger partial charge < -0.3 is 5.11 Å². The Labute approximate surface area is 73.0 Å². The van der Waals surface area contributed by atoms with Gasteiger partial charge in [0.2, 0.25) is 0 Å². The molecule has 0 saturated heterocycles. The molecule has 2 heteroatoms. The third-order valence-electron chi connectivity index (χ3n) is 3.55. The predicted octanol–water partition coefficient (Wildman–Crippen LogP) is 2.43. The first kappa shape index (κ1) is 8.09. The maximum Gasteiger partial charge on any atom is 0.303 e. The highest BCUT2D eigenvalue weighted by Gasteiger charge is 2.47. The van der Waals surface area contributed by atoms with Gasteiger partial charge in [0.05, 0.1) is 6.42 Å². The SMILES string of the molecule is O=C(O)CC1(C2CC2)CCCC1. The lowest BCUT2D eigenvalue weighted by Gasteiger charge is -2.26. The van der Waals surface area contributed by atoms with E-state index in [0.29, 0.717) is 6.42 Å². The summed E-state index contributed by atoms with van der Waals surface area (Å²) in [5.41, 5.74) is 0.228. The number of carbonyl (C=O) groups is 1. The maximum absolute atomic E-state index is 10.7. The van der Waals surface area contributed by atoms with E-state index in [1.807, 2.05) is 0 Å². The third kappa shape index (κ3) is 1.35. The van der Waals surface area contributed by atoms with Crippen molar-refractivity contribution in [3.05, 3.63) is 0 Å². The quantitative estimate of drug-likeness (QED) is 0.702. The van der Waals surface area contributed by atoms with Gasteiger partial charge in [0.15, 0.2) is 0 Å². The van der Waals surface area contributed by atoms with Crippen molar-refractivity contribution in [2.45, 2.75) is 44.9 Å². The number of carboxylic acid groups (broad SMARTS) is 1. The molecule has 1 N–H and O–H groups in total. The minimum absolute atomic E-state index is 0.228. The number of hydrogen-bond donors (Lipinski definition) is 1. The van der Waals surface area contributed by atoms with E-state index in [2.05, 4.69) is 0 Å². The molecule has 0 aliphatic heterocycles. The van der Waals surface area contributed by atoms with Gasteiger partial charge in [0.25, 0.3) is 0 Å². The summed E-state index contributed by atoms with van der Waals surface area (Å²) in [6.45, 7) is 0.